The van der Waals surface area contributed by atoms with E-state index >= 15 is 0 Å². The molecule has 180 valence electrons. The fourth-order valence-electron chi connectivity index (χ4n) is 5.42. The lowest BCUT2D eigenvalue weighted by atomic mass is 9.66. The van der Waals surface area contributed by atoms with Crippen molar-refractivity contribution in [2.75, 3.05) is 0 Å². The van der Waals surface area contributed by atoms with Gasteiger partial charge in [-0.15, -0.1) is 0 Å². The summed E-state index contributed by atoms with van der Waals surface area (Å²) in [5.74, 6) is -1.33. The molecule has 0 radical (unpaired) electrons. The molecule has 0 saturated heterocycles. The number of aliphatic hydroxyl groups is 1. The summed E-state index contributed by atoms with van der Waals surface area (Å²) in [7, 11) is 0. The van der Waals surface area contributed by atoms with Gasteiger partial charge in [-0.05, 0) is 69.9 Å². The highest BCUT2D eigenvalue weighted by molar-refractivity contribution is 5.89. The molecule has 2 aliphatic carbocycles. The van der Waals surface area contributed by atoms with E-state index in [4.69, 9.17) is 9.47 Å². The summed E-state index contributed by atoms with van der Waals surface area (Å²) >= 11 is 0. The molecule has 0 aliphatic heterocycles. The molecule has 1 aromatic rings. The zero-order valence-corrected chi connectivity index (χ0v) is 20.4. The maximum atomic E-state index is 13.0. The van der Waals surface area contributed by atoms with Crippen LogP contribution in [-0.2, 0) is 14.3 Å². The number of hydrogen-bond acceptors (Lipinski definition) is 6. The van der Waals surface area contributed by atoms with Gasteiger partial charge in [0, 0.05) is 23.3 Å². The van der Waals surface area contributed by atoms with Gasteiger partial charge in [-0.25, -0.2) is 9.59 Å². The van der Waals surface area contributed by atoms with E-state index in [1.165, 1.54) is 24.3 Å². The number of phenols is 1. The fourth-order valence-corrected chi connectivity index (χ4v) is 5.42. The average Bonchev–Trinajstić information content (AvgIpc) is 3.00. The summed E-state index contributed by atoms with van der Waals surface area (Å²) in [5.41, 5.74) is 0.112. The largest absolute Gasteiger partial charge is 0.508 e. The first-order chi connectivity index (χ1) is 15.4. The molecule has 1 aromatic carbocycles. The highest BCUT2D eigenvalue weighted by atomic mass is 16.6. The number of hydrogen-bond donors (Lipinski definition) is 2. The van der Waals surface area contributed by atoms with E-state index < -0.39 is 35.1 Å². The predicted octanol–water partition coefficient (Wildman–Crippen LogP) is 4.95. The minimum Gasteiger partial charge on any atom is -0.508 e. The molecule has 6 heteroatoms. The number of allylic oxidation sites excluding steroid dienone is 1. The van der Waals surface area contributed by atoms with Crippen molar-refractivity contribution >= 4 is 11.9 Å². The van der Waals surface area contributed by atoms with Crippen LogP contribution >= 0.6 is 0 Å². The first kappa shape index (κ1) is 25.0. The highest BCUT2D eigenvalue weighted by Gasteiger charge is 2.63. The summed E-state index contributed by atoms with van der Waals surface area (Å²) in [6.45, 7) is 11.4. The van der Waals surface area contributed by atoms with Crippen LogP contribution in [0.3, 0.4) is 0 Å². The Bertz CT molecular complexity index is 959. The second kappa shape index (κ2) is 9.34. The number of fused-ring (bicyclic) bond motifs is 1. The first-order valence-corrected chi connectivity index (χ1v) is 11.7. The lowest BCUT2D eigenvalue weighted by molar-refractivity contribution is -0.159. The van der Waals surface area contributed by atoms with Gasteiger partial charge in [0.25, 0.3) is 0 Å². The molecule has 1 fully saturated rings. The Balaban J connectivity index is 2.01. The summed E-state index contributed by atoms with van der Waals surface area (Å²) in [6.07, 6.45) is 4.14. The van der Waals surface area contributed by atoms with Crippen molar-refractivity contribution in [3.8, 4) is 5.75 Å². The molecule has 2 aliphatic rings. The van der Waals surface area contributed by atoms with Crippen LogP contribution in [0.2, 0.25) is 0 Å². The number of benzene rings is 1. The van der Waals surface area contributed by atoms with Gasteiger partial charge in [0.1, 0.15) is 18.0 Å². The Morgan fingerprint density at radius 1 is 1.15 bits per heavy atom. The van der Waals surface area contributed by atoms with Crippen LogP contribution < -0.4 is 0 Å². The van der Waals surface area contributed by atoms with E-state index in [-0.39, 0.29) is 17.6 Å². The minimum atomic E-state index is -1.08. The Morgan fingerprint density at radius 3 is 2.36 bits per heavy atom. The Labute approximate surface area is 196 Å². The van der Waals surface area contributed by atoms with E-state index in [9.17, 15) is 19.8 Å². The first-order valence-electron chi connectivity index (χ1n) is 11.7. The smallest absolute Gasteiger partial charge is 0.338 e. The average molecular weight is 457 g/mol. The van der Waals surface area contributed by atoms with Gasteiger partial charge in [0.15, 0.2) is 0 Å². The monoisotopic (exact) mass is 456 g/mol. The summed E-state index contributed by atoms with van der Waals surface area (Å²) < 4.78 is 12.0. The number of esters is 2. The van der Waals surface area contributed by atoms with Gasteiger partial charge in [0.2, 0.25) is 0 Å². The molecule has 3 rings (SSSR count). The molecule has 0 amide bonds. The third-order valence-corrected chi connectivity index (χ3v) is 7.64. The minimum absolute atomic E-state index is 0.0680. The molecule has 0 heterocycles. The topological polar surface area (TPSA) is 93.1 Å². The molecule has 6 nitrogen and oxygen atoms in total. The summed E-state index contributed by atoms with van der Waals surface area (Å²) in [6, 6.07) is 5.92. The molecule has 0 bridgehead atoms. The molecule has 2 N–H and O–H groups in total. The fraction of sp³-hybridized carbons (Fsp3) is 0.556. The van der Waals surface area contributed by atoms with E-state index in [0.717, 1.165) is 5.57 Å². The van der Waals surface area contributed by atoms with E-state index in [2.05, 4.69) is 0 Å². The van der Waals surface area contributed by atoms with Crippen molar-refractivity contribution in [3.05, 3.63) is 53.1 Å². The Morgan fingerprint density at radius 2 is 1.79 bits per heavy atom. The van der Waals surface area contributed by atoms with Crippen LogP contribution in [0.25, 0.3) is 0 Å². The SMILES string of the molecule is CC=C(C)C(=O)O[C@H]1C=C(C)C[C@@H](OC(=O)c2ccc(O)cc2)[C@H]2[C@@]1(C)CC[C@@]2(O)C(C)C. The predicted molar refractivity (Wildman–Crippen MR) is 126 cm³/mol. The van der Waals surface area contributed by atoms with Crippen LogP contribution in [0, 0.1) is 17.3 Å². The number of carbonyl (C=O) groups excluding carboxylic acids is 2. The molecule has 0 aromatic heterocycles. The van der Waals surface area contributed by atoms with Crippen LogP contribution in [0.5, 0.6) is 5.75 Å². The number of rotatable bonds is 5. The third kappa shape index (κ3) is 4.72. The Kier molecular flexibility index (Phi) is 7.08. The second-order valence-corrected chi connectivity index (χ2v) is 10.1. The van der Waals surface area contributed by atoms with Crippen molar-refractivity contribution in [2.45, 2.75) is 78.6 Å². The number of aromatic hydroxyl groups is 1. The maximum Gasteiger partial charge on any atom is 0.338 e. The van der Waals surface area contributed by atoms with Crippen LogP contribution in [-0.4, -0.2) is 40.0 Å². The molecule has 1 saturated carbocycles. The standard InChI is InChI=1S/C27H36O6/c1-7-18(5)24(29)33-22-15-17(4)14-21(32-25(30)19-8-10-20(28)11-9-19)23-26(22,6)12-13-27(23,31)16(2)3/h7-11,15-16,21-23,28,31H,12-14H2,1-6H3/t21-,22+,23+,26+,27-/m1/s1. The van der Waals surface area contributed by atoms with Gasteiger partial charge in [-0.2, -0.15) is 0 Å². The van der Waals surface area contributed by atoms with Crippen LogP contribution in [0.1, 0.15) is 71.2 Å². The highest BCUT2D eigenvalue weighted by Crippen LogP contribution is 2.58. The summed E-state index contributed by atoms with van der Waals surface area (Å²) in [5, 5.41) is 21.4. The van der Waals surface area contributed by atoms with Gasteiger partial charge in [-0.3, -0.25) is 0 Å². The normalized spacial score (nSPS) is 32.1. The van der Waals surface area contributed by atoms with E-state index in [0.29, 0.717) is 30.4 Å². The second-order valence-electron chi connectivity index (χ2n) is 10.1. The van der Waals surface area contributed by atoms with E-state index in [1.54, 1.807) is 19.9 Å². The van der Waals surface area contributed by atoms with E-state index in [1.807, 2.05) is 33.8 Å². The van der Waals surface area contributed by atoms with Crippen LogP contribution in [0.15, 0.2) is 47.6 Å². The number of carbonyl (C=O) groups is 2. The van der Waals surface area contributed by atoms with Crippen LogP contribution in [0.4, 0.5) is 0 Å². The van der Waals surface area contributed by atoms with Gasteiger partial charge < -0.3 is 19.7 Å². The molecule has 0 unspecified atom stereocenters. The maximum absolute atomic E-state index is 13.0. The summed E-state index contributed by atoms with van der Waals surface area (Å²) in [4.78, 5) is 25.7. The zero-order valence-electron chi connectivity index (χ0n) is 20.4. The van der Waals surface area contributed by atoms with Gasteiger partial charge >= 0.3 is 11.9 Å². The molecular weight excluding hydrogens is 420 g/mol. The van der Waals surface area contributed by atoms with Gasteiger partial charge in [-0.1, -0.05) is 32.4 Å². The lowest BCUT2D eigenvalue weighted by Crippen LogP contribution is -2.53. The lowest BCUT2D eigenvalue weighted by Gasteiger charge is -2.45. The molecule has 5 atom stereocenters. The van der Waals surface area contributed by atoms with Crippen molar-refractivity contribution in [1.82, 2.24) is 0 Å². The van der Waals surface area contributed by atoms with Crippen molar-refractivity contribution in [1.29, 1.82) is 0 Å². The quantitative estimate of drug-likeness (QED) is 0.370. The van der Waals surface area contributed by atoms with Gasteiger partial charge in [0.05, 0.1) is 11.2 Å². The number of ether oxygens (including phenoxy) is 2. The molecule has 0 spiro atoms. The third-order valence-electron chi connectivity index (χ3n) is 7.64. The Hall–Kier alpha value is -2.60. The van der Waals surface area contributed by atoms with Crippen molar-refractivity contribution in [3.63, 3.8) is 0 Å². The number of phenolic OH excluding ortho intramolecular Hbond substituents is 1. The molecular formula is C27H36O6. The van der Waals surface area contributed by atoms with Crippen molar-refractivity contribution in [2.24, 2.45) is 17.3 Å². The zero-order chi connectivity index (χ0) is 24.6. The van der Waals surface area contributed by atoms with Crippen molar-refractivity contribution < 1.29 is 29.3 Å². The molecule has 33 heavy (non-hydrogen) atoms.